The lowest BCUT2D eigenvalue weighted by atomic mass is 9.92. The summed E-state index contributed by atoms with van der Waals surface area (Å²) in [5.74, 6) is -0.00758. The second kappa shape index (κ2) is 14.5. The first-order valence-corrected chi connectivity index (χ1v) is 12.4. The Labute approximate surface area is 209 Å². The Kier molecular flexibility index (Phi) is 11.7. The zero-order valence-electron chi connectivity index (χ0n) is 21.7. The lowest BCUT2D eigenvalue weighted by molar-refractivity contribution is -0.130. The highest BCUT2D eigenvalue weighted by Gasteiger charge is 2.25. The average molecular weight is 487 g/mol. The Morgan fingerprint density at radius 2 is 1.80 bits per heavy atom. The van der Waals surface area contributed by atoms with Gasteiger partial charge in [-0.25, -0.2) is 0 Å². The highest BCUT2D eigenvalue weighted by atomic mass is 16.5. The van der Waals surface area contributed by atoms with Crippen LogP contribution in [-0.4, -0.2) is 77.8 Å². The molecule has 1 saturated heterocycles. The number of hydrogen-bond acceptors (Lipinski definition) is 6. The number of rotatable bonds is 6. The average Bonchev–Trinajstić information content (AvgIpc) is 3.46. The fraction of sp³-hybridized carbons (Fsp3) is 0.577. The molecule has 2 aliphatic rings. The molecule has 2 aromatic rings. The topological polar surface area (TPSA) is 120 Å². The third kappa shape index (κ3) is 9.33. The van der Waals surface area contributed by atoms with E-state index in [9.17, 15) is 9.59 Å². The second-order valence-electron chi connectivity index (χ2n) is 9.19. The molecule has 194 valence electrons. The molecule has 9 nitrogen and oxygen atoms in total. The van der Waals surface area contributed by atoms with Crippen LogP contribution >= 0.6 is 0 Å². The fourth-order valence-electron chi connectivity index (χ4n) is 4.03. The molecule has 2 heterocycles. The molecule has 9 heteroatoms. The number of carbonyl (C=O) groups excluding carboxylic acids is 2. The van der Waals surface area contributed by atoms with Crippen molar-refractivity contribution in [3.05, 3.63) is 47.2 Å². The molecular weight excluding hydrogens is 444 g/mol. The van der Waals surface area contributed by atoms with Crippen molar-refractivity contribution in [3.8, 4) is 0 Å². The van der Waals surface area contributed by atoms with Crippen molar-refractivity contribution in [2.45, 2.75) is 51.6 Å². The van der Waals surface area contributed by atoms with Gasteiger partial charge in [-0.3, -0.25) is 14.3 Å². The van der Waals surface area contributed by atoms with Gasteiger partial charge in [0, 0.05) is 33.1 Å². The lowest BCUT2D eigenvalue weighted by Crippen LogP contribution is -2.30. The van der Waals surface area contributed by atoms with Crippen molar-refractivity contribution in [2.75, 3.05) is 46.1 Å². The number of nitrogens with two attached hydrogens (primary N) is 2. The first-order chi connectivity index (χ1) is 16.7. The van der Waals surface area contributed by atoms with Gasteiger partial charge in [0.1, 0.15) is 11.4 Å². The van der Waals surface area contributed by atoms with Crippen LogP contribution in [0.4, 0.5) is 5.82 Å². The molecule has 0 saturated carbocycles. The quantitative estimate of drug-likeness (QED) is 0.646. The van der Waals surface area contributed by atoms with Crippen LogP contribution in [0.5, 0.6) is 0 Å². The summed E-state index contributed by atoms with van der Waals surface area (Å²) in [6, 6.07) is 8.80. The summed E-state index contributed by atoms with van der Waals surface area (Å²) in [4.78, 5) is 25.9. The highest BCUT2D eigenvalue weighted by Crippen LogP contribution is 2.19. The molecule has 4 N–H and O–H groups in total. The molecule has 2 amide bonds. The third-order valence-corrected chi connectivity index (χ3v) is 6.20. The van der Waals surface area contributed by atoms with Gasteiger partial charge >= 0.3 is 0 Å². The van der Waals surface area contributed by atoms with Crippen molar-refractivity contribution < 1.29 is 14.3 Å². The smallest absolute Gasteiger partial charge is 0.254 e. The van der Waals surface area contributed by atoms with E-state index >= 15 is 0 Å². The van der Waals surface area contributed by atoms with E-state index in [1.165, 1.54) is 36.6 Å². The molecule has 1 unspecified atom stereocenters. The van der Waals surface area contributed by atoms with Crippen LogP contribution < -0.4 is 11.5 Å². The minimum absolute atomic E-state index is 0.244. The number of carbonyl (C=O) groups is 2. The number of fused-ring (bicyclic) bond motifs is 1. The van der Waals surface area contributed by atoms with Crippen molar-refractivity contribution in [1.29, 1.82) is 0 Å². The largest absolute Gasteiger partial charge is 0.383 e. The maximum Gasteiger partial charge on any atom is 0.254 e. The zero-order valence-corrected chi connectivity index (χ0v) is 21.7. The number of anilines is 1. The summed E-state index contributed by atoms with van der Waals surface area (Å²) in [6.45, 7) is 5.24. The van der Waals surface area contributed by atoms with E-state index in [0.717, 1.165) is 32.7 Å². The number of likely N-dealkylation sites (N-methyl/N-ethyl adjacent to an activating group) is 1. The van der Waals surface area contributed by atoms with Gasteiger partial charge in [-0.2, -0.15) is 5.10 Å². The van der Waals surface area contributed by atoms with Crippen LogP contribution in [-0.2, 0) is 29.4 Å². The number of likely N-dealkylation sites (tertiary alicyclic amines) is 1. The zero-order chi connectivity index (χ0) is 25.8. The first kappa shape index (κ1) is 28.3. The molecule has 4 rings (SSSR count). The Hall–Kier alpha value is -2.91. The number of primary amides is 1. The lowest BCUT2D eigenvalue weighted by Gasteiger charge is -2.16. The van der Waals surface area contributed by atoms with E-state index in [0.29, 0.717) is 12.2 Å². The Bertz CT molecular complexity index is 918. The minimum Gasteiger partial charge on any atom is -0.383 e. The molecule has 1 atom stereocenters. The van der Waals surface area contributed by atoms with E-state index in [4.69, 9.17) is 16.2 Å². The second-order valence-corrected chi connectivity index (χ2v) is 9.19. The van der Waals surface area contributed by atoms with Gasteiger partial charge in [0.15, 0.2) is 0 Å². The predicted molar refractivity (Wildman–Crippen MR) is 139 cm³/mol. The summed E-state index contributed by atoms with van der Waals surface area (Å²) in [5.41, 5.74) is 13.8. The van der Waals surface area contributed by atoms with E-state index in [-0.39, 0.29) is 17.6 Å². The first-order valence-electron chi connectivity index (χ1n) is 12.4. The Balaban J connectivity index is 0.000000191. The third-order valence-electron chi connectivity index (χ3n) is 6.20. The summed E-state index contributed by atoms with van der Waals surface area (Å²) in [5, 5.41) is 3.73. The van der Waals surface area contributed by atoms with Crippen LogP contribution in [0.15, 0.2) is 30.5 Å². The molecule has 1 aliphatic heterocycles. The van der Waals surface area contributed by atoms with Crippen LogP contribution in [0.1, 0.15) is 54.1 Å². The van der Waals surface area contributed by atoms with Gasteiger partial charge in [-0.1, -0.05) is 31.2 Å². The van der Waals surface area contributed by atoms with Crippen molar-refractivity contribution in [3.63, 3.8) is 0 Å². The summed E-state index contributed by atoms with van der Waals surface area (Å²) < 4.78 is 7.09. The van der Waals surface area contributed by atoms with E-state index in [1.807, 2.05) is 25.9 Å². The molecule has 1 aromatic heterocycles. The van der Waals surface area contributed by atoms with Gasteiger partial charge < -0.3 is 26.0 Å². The monoisotopic (exact) mass is 486 g/mol. The Morgan fingerprint density at radius 1 is 1.17 bits per heavy atom. The van der Waals surface area contributed by atoms with E-state index in [2.05, 4.69) is 34.3 Å². The highest BCUT2D eigenvalue weighted by molar-refractivity contribution is 5.96. The number of benzene rings is 1. The van der Waals surface area contributed by atoms with Crippen molar-refractivity contribution >= 4 is 17.6 Å². The van der Waals surface area contributed by atoms with E-state index < -0.39 is 5.91 Å². The number of nitrogens with zero attached hydrogens (tertiary/aromatic N) is 4. The van der Waals surface area contributed by atoms with Gasteiger partial charge in [0.25, 0.3) is 5.91 Å². The van der Waals surface area contributed by atoms with Crippen LogP contribution in [0.2, 0.25) is 0 Å². The number of amides is 2. The molecule has 1 fully saturated rings. The van der Waals surface area contributed by atoms with Crippen molar-refractivity contribution in [2.24, 2.45) is 12.8 Å². The summed E-state index contributed by atoms with van der Waals surface area (Å²) in [7, 11) is 5.71. The maximum absolute atomic E-state index is 11.4. The minimum atomic E-state index is -0.550. The fourth-order valence-corrected chi connectivity index (χ4v) is 4.03. The normalized spacial score (nSPS) is 16.6. The van der Waals surface area contributed by atoms with Crippen LogP contribution in [0, 0.1) is 0 Å². The summed E-state index contributed by atoms with van der Waals surface area (Å²) >= 11 is 0. The van der Waals surface area contributed by atoms with E-state index in [1.54, 1.807) is 18.2 Å². The Morgan fingerprint density at radius 3 is 2.26 bits per heavy atom. The van der Waals surface area contributed by atoms with Gasteiger partial charge in [0.2, 0.25) is 5.91 Å². The SMILES string of the molecule is CCC(=O)N1CCC(OCCN(C)C)C1.Cn1ncc(C(N)=O)c1N.c1ccc2c(c1)CCCC2. The molecular formula is C26H42N6O3. The maximum atomic E-state index is 11.4. The van der Waals surface area contributed by atoms with Gasteiger partial charge in [0.05, 0.1) is 18.9 Å². The molecule has 0 bridgehead atoms. The van der Waals surface area contributed by atoms with Crippen LogP contribution in [0.3, 0.4) is 0 Å². The molecule has 1 aliphatic carbocycles. The molecule has 0 radical (unpaired) electrons. The molecule has 35 heavy (non-hydrogen) atoms. The van der Waals surface area contributed by atoms with Gasteiger partial charge in [-0.15, -0.1) is 0 Å². The van der Waals surface area contributed by atoms with Crippen molar-refractivity contribution in [1.82, 2.24) is 19.6 Å². The summed E-state index contributed by atoms with van der Waals surface area (Å²) in [6.07, 6.45) is 8.56. The molecule has 1 aromatic carbocycles. The van der Waals surface area contributed by atoms with Crippen LogP contribution in [0.25, 0.3) is 0 Å². The predicted octanol–water partition coefficient (Wildman–Crippen LogP) is 2.24. The molecule has 0 spiro atoms. The number of hydrogen-bond donors (Lipinski definition) is 2. The number of ether oxygens (including phenoxy) is 1. The number of aromatic nitrogens is 2. The number of nitrogen functional groups attached to an aromatic ring is 1. The standard InChI is InChI=1S/C11H22N2O2.C10H12.C5H8N4O/c1-4-11(14)13-6-5-10(9-13)15-8-7-12(2)3;1-2-6-10-8-4-3-7-9(10)5-1;1-9-4(6)3(2-8-9)5(7)10/h10H,4-9H2,1-3H3;1-2,5-6H,3-4,7-8H2;2H,6H2,1H3,(H2,7,10). The van der Waals surface area contributed by atoms with Gasteiger partial charge in [-0.05, 0) is 57.3 Å². The number of aryl methyl sites for hydroxylation is 3.